The van der Waals surface area contributed by atoms with Crippen molar-refractivity contribution in [3.63, 3.8) is 0 Å². The van der Waals surface area contributed by atoms with Crippen LogP contribution in [0.2, 0.25) is 0 Å². The average molecular weight is 574 g/mol. The Morgan fingerprint density at radius 3 is 2.50 bits per heavy atom. The first-order valence-corrected chi connectivity index (χ1v) is 14.4. The quantitative estimate of drug-likeness (QED) is 0.333. The molecule has 3 atom stereocenters. The maximum atomic E-state index is 13.4. The number of nitrogens with one attached hydrogen (secondary N) is 1. The largest absolute Gasteiger partial charge is 0.488 e. The molecule has 0 radical (unpaired) electrons. The number of carbonyl (C=O) groups excluding carboxylic acids is 2. The van der Waals surface area contributed by atoms with Crippen molar-refractivity contribution in [1.82, 2.24) is 9.80 Å². The van der Waals surface area contributed by atoms with E-state index in [1.165, 1.54) is 0 Å². The molecule has 0 fully saturated rings. The van der Waals surface area contributed by atoms with E-state index in [2.05, 4.69) is 17.1 Å². The van der Waals surface area contributed by atoms with Crippen molar-refractivity contribution in [2.24, 2.45) is 5.92 Å². The first-order valence-electron chi connectivity index (χ1n) is 14.4. The molecule has 0 aliphatic carbocycles. The van der Waals surface area contributed by atoms with Crippen molar-refractivity contribution in [2.75, 3.05) is 56.8 Å². The van der Waals surface area contributed by atoms with E-state index in [1.807, 2.05) is 87.6 Å². The third-order valence-corrected chi connectivity index (χ3v) is 7.79. The number of anilines is 3. The fourth-order valence-corrected chi connectivity index (χ4v) is 5.16. The number of nitrogens with zero attached hydrogens (tertiary/aromatic N) is 3. The minimum Gasteiger partial charge on any atom is -0.488 e. The van der Waals surface area contributed by atoms with Gasteiger partial charge in [-0.3, -0.25) is 14.5 Å². The van der Waals surface area contributed by atoms with Gasteiger partial charge < -0.3 is 30.7 Å². The highest BCUT2D eigenvalue weighted by atomic mass is 16.5. The van der Waals surface area contributed by atoms with Crippen molar-refractivity contribution in [1.29, 1.82) is 0 Å². The van der Waals surface area contributed by atoms with E-state index < -0.39 is 0 Å². The summed E-state index contributed by atoms with van der Waals surface area (Å²) >= 11 is 0. The first kappa shape index (κ1) is 30.9. The molecule has 4 N–H and O–H groups in total. The van der Waals surface area contributed by atoms with Crippen LogP contribution in [0.15, 0.2) is 66.7 Å². The second-order valence-corrected chi connectivity index (χ2v) is 11.5. The molecule has 0 saturated heterocycles. The molecule has 2 amide bonds. The Kier molecular flexibility index (Phi) is 10.1. The van der Waals surface area contributed by atoms with Gasteiger partial charge in [0.2, 0.25) is 5.91 Å². The molecule has 1 heterocycles. The Labute approximate surface area is 248 Å². The van der Waals surface area contributed by atoms with Gasteiger partial charge in [0, 0.05) is 56.5 Å². The number of benzene rings is 3. The monoisotopic (exact) mass is 573 g/mol. The molecule has 0 bridgehead atoms. The third kappa shape index (κ3) is 7.60. The summed E-state index contributed by atoms with van der Waals surface area (Å²) in [6.07, 6.45) is 0.0209. The highest BCUT2D eigenvalue weighted by molar-refractivity contribution is 6.05. The third-order valence-electron chi connectivity index (χ3n) is 7.79. The Hall–Kier alpha value is -4.08. The number of aliphatic hydroxyl groups excluding tert-OH is 1. The van der Waals surface area contributed by atoms with Crippen molar-refractivity contribution < 1.29 is 19.4 Å². The van der Waals surface area contributed by atoms with Crippen molar-refractivity contribution >= 4 is 28.9 Å². The SMILES string of the molecule is C[C@@H]1CN([C@H](C)CO)C(=O)Cc2cc(N(C)C)ccc2O[C@@H]1CN(C)Cc1ccc(C(=O)Nc2ccccc2N)cc1. The van der Waals surface area contributed by atoms with Gasteiger partial charge >= 0.3 is 0 Å². The molecule has 0 aromatic heterocycles. The number of amides is 2. The van der Waals surface area contributed by atoms with Crippen LogP contribution < -0.4 is 20.7 Å². The number of hydrogen-bond donors (Lipinski definition) is 3. The van der Waals surface area contributed by atoms with Crippen LogP contribution >= 0.6 is 0 Å². The summed E-state index contributed by atoms with van der Waals surface area (Å²) < 4.78 is 6.63. The number of ether oxygens (including phenoxy) is 1. The Balaban J connectivity index is 1.48. The molecule has 1 aliphatic rings. The van der Waals surface area contributed by atoms with E-state index in [-0.39, 0.29) is 42.9 Å². The van der Waals surface area contributed by atoms with Crippen molar-refractivity contribution in [2.45, 2.75) is 39.0 Å². The van der Waals surface area contributed by atoms with Crippen LogP contribution in [0.1, 0.15) is 35.3 Å². The highest BCUT2D eigenvalue weighted by Gasteiger charge is 2.31. The van der Waals surface area contributed by atoms with Crippen LogP contribution in [0, 0.1) is 5.92 Å². The molecular weight excluding hydrogens is 530 g/mol. The van der Waals surface area contributed by atoms with E-state index in [4.69, 9.17) is 10.5 Å². The zero-order valence-electron chi connectivity index (χ0n) is 25.2. The van der Waals surface area contributed by atoms with Gasteiger partial charge in [0.05, 0.1) is 30.4 Å². The lowest BCUT2D eigenvalue weighted by molar-refractivity contribution is -0.134. The Bertz CT molecular complexity index is 1380. The summed E-state index contributed by atoms with van der Waals surface area (Å²) in [5.74, 6) is 0.499. The second kappa shape index (κ2) is 13.7. The summed E-state index contributed by atoms with van der Waals surface area (Å²) in [7, 11) is 5.98. The average Bonchev–Trinajstić information content (AvgIpc) is 3.01. The summed E-state index contributed by atoms with van der Waals surface area (Å²) in [6, 6.07) is 20.4. The Morgan fingerprint density at radius 1 is 1.12 bits per heavy atom. The molecule has 0 saturated carbocycles. The van der Waals surface area contributed by atoms with E-state index in [0.29, 0.717) is 42.3 Å². The van der Waals surface area contributed by atoms with Crippen LogP contribution in [0.5, 0.6) is 5.75 Å². The maximum Gasteiger partial charge on any atom is 0.255 e. The number of nitrogens with two attached hydrogens (primary N) is 1. The van der Waals surface area contributed by atoms with Gasteiger partial charge in [-0.05, 0) is 62.0 Å². The number of carbonyl (C=O) groups is 2. The topological polar surface area (TPSA) is 111 Å². The molecule has 9 nitrogen and oxygen atoms in total. The predicted molar refractivity (Wildman–Crippen MR) is 168 cm³/mol. The van der Waals surface area contributed by atoms with Crippen LogP contribution in [0.3, 0.4) is 0 Å². The van der Waals surface area contributed by atoms with Gasteiger partial charge in [-0.1, -0.05) is 31.2 Å². The molecule has 4 rings (SSSR count). The van der Waals surface area contributed by atoms with Crippen LogP contribution in [-0.2, 0) is 17.8 Å². The molecule has 224 valence electrons. The predicted octanol–water partition coefficient (Wildman–Crippen LogP) is 3.87. The molecule has 1 aliphatic heterocycles. The number of aliphatic hydroxyl groups is 1. The van der Waals surface area contributed by atoms with Crippen molar-refractivity contribution in [3.05, 3.63) is 83.4 Å². The minimum atomic E-state index is -0.286. The van der Waals surface area contributed by atoms with Gasteiger partial charge in [-0.2, -0.15) is 0 Å². The van der Waals surface area contributed by atoms with Crippen LogP contribution in [0.25, 0.3) is 0 Å². The number of likely N-dealkylation sites (N-methyl/N-ethyl adjacent to an activating group) is 1. The summed E-state index contributed by atoms with van der Waals surface area (Å²) in [6.45, 7) is 5.64. The lowest BCUT2D eigenvalue weighted by atomic mass is 10.0. The number of nitrogen functional groups attached to an aromatic ring is 1. The molecule has 42 heavy (non-hydrogen) atoms. The summed E-state index contributed by atoms with van der Waals surface area (Å²) in [5, 5.41) is 12.7. The summed E-state index contributed by atoms with van der Waals surface area (Å²) in [5.41, 5.74) is 10.5. The number of rotatable bonds is 9. The lowest BCUT2D eigenvalue weighted by Gasteiger charge is -2.34. The smallest absolute Gasteiger partial charge is 0.255 e. The van der Waals surface area contributed by atoms with Crippen molar-refractivity contribution in [3.8, 4) is 5.75 Å². The van der Waals surface area contributed by atoms with Gasteiger partial charge in [-0.25, -0.2) is 0 Å². The minimum absolute atomic E-state index is 0.0152. The van der Waals surface area contributed by atoms with Crippen LogP contribution in [0.4, 0.5) is 17.1 Å². The molecule has 9 heteroatoms. The maximum absolute atomic E-state index is 13.4. The number of para-hydroxylation sites is 2. The van der Waals surface area contributed by atoms with E-state index in [1.54, 1.807) is 17.0 Å². The van der Waals surface area contributed by atoms with Gasteiger partial charge in [0.1, 0.15) is 11.9 Å². The number of fused-ring (bicyclic) bond motifs is 1. The van der Waals surface area contributed by atoms with Gasteiger partial charge in [0.25, 0.3) is 5.91 Å². The number of hydrogen-bond acceptors (Lipinski definition) is 7. The van der Waals surface area contributed by atoms with Gasteiger partial charge in [-0.15, -0.1) is 0 Å². The standard InChI is InChI=1S/C33H43N5O4/c1-22-18-38(23(2)21-39)32(40)17-26-16-27(36(3)4)14-15-30(26)42-31(22)20-37(5)19-24-10-12-25(13-11-24)33(41)35-29-9-7-6-8-28(29)34/h6-16,22-23,31,39H,17-21,34H2,1-5H3,(H,35,41)/t22-,23-,31-/m1/s1. The summed E-state index contributed by atoms with van der Waals surface area (Å²) in [4.78, 5) is 32.1. The molecule has 3 aromatic rings. The fourth-order valence-electron chi connectivity index (χ4n) is 5.16. The first-order chi connectivity index (χ1) is 20.0. The molecule has 0 unspecified atom stereocenters. The van der Waals surface area contributed by atoms with Crippen LogP contribution in [-0.4, -0.2) is 79.7 Å². The highest BCUT2D eigenvalue weighted by Crippen LogP contribution is 2.30. The second-order valence-electron chi connectivity index (χ2n) is 11.5. The Morgan fingerprint density at radius 2 is 1.83 bits per heavy atom. The van der Waals surface area contributed by atoms with E-state index in [9.17, 15) is 14.7 Å². The van der Waals surface area contributed by atoms with E-state index >= 15 is 0 Å². The zero-order chi connectivity index (χ0) is 30.4. The lowest BCUT2D eigenvalue weighted by Crippen LogP contribution is -2.47. The molecular formula is C33H43N5O4. The fraction of sp³-hybridized carbons (Fsp3) is 0.394. The molecule has 3 aromatic carbocycles. The zero-order valence-corrected chi connectivity index (χ0v) is 25.2. The van der Waals surface area contributed by atoms with E-state index in [0.717, 1.165) is 16.8 Å². The normalized spacial score (nSPS) is 17.9. The molecule has 0 spiro atoms. The van der Waals surface area contributed by atoms with Gasteiger partial charge in [0.15, 0.2) is 0 Å².